The Labute approximate surface area is 184 Å². The molecule has 6 heteroatoms. The molecular weight excluding hydrogens is 390 g/mol. The Bertz CT molecular complexity index is 858. The van der Waals surface area contributed by atoms with Gasteiger partial charge in [0.25, 0.3) is 0 Å². The van der Waals surface area contributed by atoms with Gasteiger partial charge in [0, 0.05) is 24.2 Å². The highest BCUT2D eigenvalue weighted by atomic mass is 16.5. The number of methoxy groups -OCH3 is 1. The fourth-order valence-electron chi connectivity index (χ4n) is 5.22. The van der Waals surface area contributed by atoms with Crippen LogP contribution in [-0.4, -0.2) is 53.6 Å². The molecular formula is C25H33N3O3. The first-order valence-electron chi connectivity index (χ1n) is 11.4. The van der Waals surface area contributed by atoms with Gasteiger partial charge in [-0.2, -0.15) is 5.10 Å². The van der Waals surface area contributed by atoms with E-state index >= 15 is 0 Å². The van der Waals surface area contributed by atoms with Crippen molar-refractivity contribution in [1.82, 2.24) is 15.1 Å². The highest BCUT2D eigenvalue weighted by Crippen LogP contribution is 2.37. The zero-order valence-electron chi connectivity index (χ0n) is 18.3. The fraction of sp³-hybridized carbons (Fsp3) is 0.520. The van der Waals surface area contributed by atoms with Gasteiger partial charge in [0.1, 0.15) is 0 Å². The number of hydrogen-bond acceptors (Lipinski definition) is 4. The summed E-state index contributed by atoms with van der Waals surface area (Å²) in [5.74, 6) is 0.724. The lowest BCUT2D eigenvalue weighted by Gasteiger charge is -2.41. The van der Waals surface area contributed by atoms with E-state index in [9.17, 15) is 4.79 Å². The van der Waals surface area contributed by atoms with Gasteiger partial charge in [-0.3, -0.25) is 5.10 Å². The zero-order valence-corrected chi connectivity index (χ0v) is 18.3. The number of hydrogen-bond donors (Lipinski definition) is 1. The van der Waals surface area contributed by atoms with Gasteiger partial charge in [0.15, 0.2) is 0 Å². The number of rotatable bonds is 6. The van der Waals surface area contributed by atoms with Crippen molar-refractivity contribution in [2.45, 2.75) is 62.5 Å². The van der Waals surface area contributed by atoms with Crippen molar-refractivity contribution in [2.24, 2.45) is 0 Å². The van der Waals surface area contributed by atoms with E-state index in [1.807, 2.05) is 17.2 Å². The number of amides is 1. The van der Waals surface area contributed by atoms with Crippen molar-refractivity contribution in [3.8, 4) is 0 Å². The summed E-state index contributed by atoms with van der Waals surface area (Å²) in [6.07, 6.45) is 9.90. The molecule has 2 heterocycles. The lowest BCUT2D eigenvalue weighted by molar-refractivity contribution is -0.0242. The van der Waals surface area contributed by atoms with Crippen LogP contribution in [0.2, 0.25) is 0 Å². The molecule has 166 valence electrons. The van der Waals surface area contributed by atoms with Crippen LogP contribution in [0.4, 0.5) is 4.79 Å². The number of benzene rings is 1. The van der Waals surface area contributed by atoms with Crippen molar-refractivity contribution < 1.29 is 14.3 Å². The summed E-state index contributed by atoms with van der Waals surface area (Å²) in [6, 6.07) is 10.7. The van der Waals surface area contributed by atoms with E-state index in [2.05, 4.69) is 47.1 Å². The van der Waals surface area contributed by atoms with Crippen molar-refractivity contribution in [3.05, 3.63) is 59.9 Å². The number of nitrogens with one attached hydrogen (secondary N) is 1. The second-order valence-corrected chi connectivity index (χ2v) is 8.63. The molecule has 4 rings (SSSR count). The molecule has 2 aromatic rings. The van der Waals surface area contributed by atoms with E-state index in [1.54, 1.807) is 0 Å². The summed E-state index contributed by atoms with van der Waals surface area (Å²) < 4.78 is 11.5. The molecule has 0 bridgehead atoms. The van der Waals surface area contributed by atoms with Crippen molar-refractivity contribution in [3.63, 3.8) is 0 Å². The molecule has 1 N–H and O–H groups in total. The number of likely N-dealkylation sites (tertiary alicyclic amines) is 1. The van der Waals surface area contributed by atoms with Gasteiger partial charge in [-0.1, -0.05) is 43.0 Å². The Morgan fingerprint density at radius 3 is 2.71 bits per heavy atom. The number of ether oxygens (including phenoxy) is 2. The van der Waals surface area contributed by atoms with Gasteiger partial charge in [-0.05, 0) is 50.0 Å². The first kappa shape index (κ1) is 21.6. The van der Waals surface area contributed by atoms with E-state index in [4.69, 9.17) is 9.47 Å². The monoisotopic (exact) mass is 423 g/mol. The highest BCUT2D eigenvalue weighted by molar-refractivity contribution is 5.68. The number of aromatic nitrogens is 2. The van der Waals surface area contributed by atoms with Crippen LogP contribution in [-0.2, 0) is 9.47 Å². The molecule has 1 saturated heterocycles. The molecule has 1 aliphatic heterocycles. The minimum absolute atomic E-state index is 0.0879. The van der Waals surface area contributed by atoms with Gasteiger partial charge in [-0.25, -0.2) is 4.79 Å². The summed E-state index contributed by atoms with van der Waals surface area (Å²) in [7, 11) is 1.44. The SMILES string of the molecule is C=Cc1c[nH]nc1C1CCCN(C(=O)OC)C1COC1CCC(c2ccccc2)CC1. The molecule has 1 aliphatic carbocycles. The van der Waals surface area contributed by atoms with E-state index in [1.165, 1.54) is 12.7 Å². The van der Waals surface area contributed by atoms with Crippen LogP contribution in [0.3, 0.4) is 0 Å². The van der Waals surface area contributed by atoms with E-state index in [-0.39, 0.29) is 24.2 Å². The van der Waals surface area contributed by atoms with Gasteiger partial charge in [0.2, 0.25) is 0 Å². The Kier molecular flexibility index (Phi) is 7.07. The number of carbonyl (C=O) groups is 1. The Morgan fingerprint density at radius 1 is 1.23 bits per heavy atom. The molecule has 1 aromatic heterocycles. The molecule has 0 radical (unpaired) electrons. The molecule has 6 nitrogen and oxygen atoms in total. The van der Waals surface area contributed by atoms with Gasteiger partial charge >= 0.3 is 6.09 Å². The highest BCUT2D eigenvalue weighted by Gasteiger charge is 2.38. The molecule has 1 saturated carbocycles. The maximum atomic E-state index is 12.5. The van der Waals surface area contributed by atoms with Crippen LogP contribution in [0.25, 0.3) is 6.08 Å². The third-order valence-electron chi connectivity index (χ3n) is 6.91. The van der Waals surface area contributed by atoms with Gasteiger partial charge in [-0.15, -0.1) is 0 Å². The van der Waals surface area contributed by atoms with Crippen molar-refractivity contribution in [2.75, 3.05) is 20.3 Å². The first-order chi connectivity index (χ1) is 15.2. The number of nitrogens with zero attached hydrogens (tertiary/aromatic N) is 2. The minimum atomic E-state index is -0.290. The number of piperidine rings is 1. The van der Waals surface area contributed by atoms with Crippen molar-refractivity contribution >= 4 is 12.2 Å². The van der Waals surface area contributed by atoms with Crippen molar-refractivity contribution in [1.29, 1.82) is 0 Å². The Hall–Kier alpha value is -2.60. The van der Waals surface area contributed by atoms with Crippen LogP contribution < -0.4 is 0 Å². The largest absolute Gasteiger partial charge is 0.453 e. The quantitative estimate of drug-likeness (QED) is 0.701. The average molecular weight is 424 g/mol. The summed E-state index contributed by atoms with van der Waals surface area (Å²) in [6.45, 7) is 5.10. The summed E-state index contributed by atoms with van der Waals surface area (Å²) in [5.41, 5.74) is 3.38. The second kappa shape index (κ2) is 10.1. The Balaban J connectivity index is 1.42. The standard InChI is InChI=1S/C25H33N3O3/c1-3-18-16-26-27-24(18)22-10-7-15-28(25(29)30-2)23(22)17-31-21-13-11-20(12-14-21)19-8-5-4-6-9-19/h3-6,8-9,16,20-23H,1,7,10-15,17H2,2H3,(H,26,27). The Morgan fingerprint density at radius 2 is 2.00 bits per heavy atom. The number of aromatic amines is 1. The van der Waals surface area contributed by atoms with Crippen LogP contribution in [0.15, 0.2) is 43.1 Å². The summed E-state index contributed by atoms with van der Waals surface area (Å²) in [5, 5.41) is 7.44. The lowest BCUT2D eigenvalue weighted by Crippen LogP contribution is -2.50. The van der Waals surface area contributed by atoms with E-state index < -0.39 is 0 Å². The molecule has 2 atom stereocenters. The third kappa shape index (κ3) is 4.85. The van der Waals surface area contributed by atoms with Gasteiger partial charge < -0.3 is 14.4 Å². The third-order valence-corrected chi connectivity index (χ3v) is 6.91. The van der Waals surface area contributed by atoms with E-state index in [0.29, 0.717) is 19.1 Å². The maximum absolute atomic E-state index is 12.5. The molecule has 2 unspecified atom stereocenters. The predicted octanol–water partition coefficient (Wildman–Crippen LogP) is 5.11. The van der Waals surface area contributed by atoms with Crippen LogP contribution >= 0.6 is 0 Å². The molecule has 2 fully saturated rings. The molecule has 31 heavy (non-hydrogen) atoms. The van der Waals surface area contributed by atoms with Crippen LogP contribution in [0.1, 0.15) is 67.2 Å². The second-order valence-electron chi connectivity index (χ2n) is 8.63. The van der Waals surface area contributed by atoms with E-state index in [0.717, 1.165) is 49.8 Å². The molecule has 0 spiro atoms. The fourth-order valence-corrected chi connectivity index (χ4v) is 5.22. The molecule has 1 aromatic carbocycles. The van der Waals surface area contributed by atoms with Crippen LogP contribution in [0, 0.1) is 0 Å². The first-order valence-corrected chi connectivity index (χ1v) is 11.4. The molecule has 1 amide bonds. The maximum Gasteiger partial charge on any atom is 0.409 e. The molecule has 2 aliphatic rings. The smallest absolute Gasteiger partial charge is 0.409 e. The average Bonchev–Trinajstić information content (AvgIpc) is 3.31. The summed E-state index contributed by atoms with van der Waals surface area (Å²) in [4.78, 5) is 14.3. The normalized spacial score (nSPS) is 26.4. The topological polar surface area (TPSA) is 67.5 Å². The number of H-pyrrole nitrogens is 1. The minimum Gasteiger partial charge on any atom is -0.453 e. The van der Waals surface area contributed by atoms with Gasteiger partial charge in [0.05, 0.1) is 31.6 Å². The van der Waals surface area contributed by atoms with Crippen LogP contribution in [0.5, 0.6) is 0 Å². The summed E-state index contributed by atoms with van der Waals surface area (Å²) >= 11 is 0. The zero-order chi connectivity index (χ0) is 21.6. The number of carbonyl (C=O) groups excluding carboxylic acids is 1. The lowest BCUT2D eigenvalue weighted by atomic mass is 9.82. The predicted molar refractivity (Wildman–Crippen MR) is 121 cm³/mol.